The van der Waals surface area contributed by atoms with Gasteiger partial charge in [-0.05, 0) is 58.2 Å². The van der Waals surface area contributed by atoms with Gasteiger partial charge in [0.15, 0.2) is 5.69 Å². The van der Waals surface area contributed by atoms with Crippen molar-refractivity contribution in [1.82, 2.24) is 19.4 Å². The highest BCUT2D eigenvalue weighted by Gasteiger charge is 2.28. The number of aromatic nitrogens is 3. The average molecular weight is 563 g/mol. The molecule has 1 saturated heterocycles. The number of hydrogen-bond acceptors (Lipinski definition) is 6. The van der Waals surface area contributed by atoms with Gasteiger partial charge in [-0.3, -0.25) is 0 Å². The Morgan fingerprint density at radius 3 is 2.75 bits per heavy atom. The summed E-state index contributed by atoms with van der Waals surface area (Å²) >= 11 is 0. The highest BCUT2D eigenvalue weighted by atomic mass is 28.3. The van der Waals surface area contributed by atoms with Crippen molar-refractivity contribution in [3.05, 3.63) is 47.6 Å². The summed E-state index contributed by atoms with van der Waals surface area (Å²) in [4.78, 5) is 27.5. The van der Waals surface area contributed by atoms with E-state index in [2.05, 4.69) is 45.6 Å². The topological polar surface area (TPSA) is 85.9 Å². The molecule has 3 heterocycles. The first kappa shape index (κ1) is 29.6. The molecule has 3 aromatic rings. The van der Waals surface area contributed by atoms with Crippen LogP contribution in [-0.2, 0) is 16.2 Å². The lowest BCUT2D eigenvalue weighted by Crippen LogP contribution is -2.47. The van der Waals surface area contributed by atoms with Crippen molar-refractivity contribution in [2.24, 2.45) is 0 Å². The molecule has 40 heavy (non-hydrogen) atoms. The third-order valence-corrected chi connectivity index (χ3v) is 8.56. The van der Waals surface area contributed by atoms with Gasteiger partial charge >= 0.3 is 6.09 Å². The number of fused-ring (bicyclic) bond motifs is 1. The number of benzene rings is 1. The van der Waals surface area contributed by atoms with Crippen molar-refractivity contribution in [2.75, 3.05) is 25.0 Å². The third-order valence-electron chi connectivity index (χ3n) is 6.85. The van der Waals surface area contributed by atoms with Gasteiger partial charge in [0.1, 0.15) is 12.3 Å². The van der Waals surface area contributed by atoms with Crippen molar-refractivity contribution in [3.8, 4) is 11.3 Å². The molecule has 1 aromatic carbocycles. The lowest BCUT2D eigenvalue weighted by molar-refractivity contribution is 0.0206. The van der Waals surface area contributed by atoms with Crippen LogP contribution in [0.2, 0.25) is 25.7 Å². The van der Waals surface area contributed by atoms with Crippen molar-refractivity contribution in [1.29, 1.82) is 0 Å². The van der Waals surface area contributed by atoms with Crippen LogP contribution in [0.5, 0.6) is 0 Å². The number of amides is 1. The van der Waals surface area contributed by atoms with Crippen LogP contribution in [0.3, 0.4) is 0 Å². The van der Waals surface area contributed by atoms with E-state index in [1.165, 1.54) is 0 Å². The van der Waals surface area contributed by atoms with Crippen LogP contribution in [0.1, 0.15) is 39.2 Å². The number of hydrogen-bond donors (Lipinski definition) is 1. The first-order valence-corrected chi connectivity index (χ1v) is 17.7. The molecule has 1 N–H and O–H groups in total. The summed E-state index contributed by atoms with van der Waals surface area (Å²) in [5.74, 6) is 0.529. The largest absolute Gasteiger partial charge is 0.444 e. The molecule has 1 atom stereocenters. The second-order valence-electron chi connectivity index (χ2n) is 12.8. The fourth-order valence-corrected chi connectivity index (χ4v) is 5.50. The van der Waals surface area contributed by atoms with Gasteiger partial charge in [0.25, 0.3) is 0 Å². The van der Waals surface area contributed by atoms with E-state index in [9.17, 15) is 4.79 Å². The van der Waals surface area contributed by atoms with Crippen LogP contribution in [0.25, 0.3) is 27.0 Å². The highest BCUT2D eigenvalue weighted by molar-refractivity contribution is 6.76. The fraction of sp³-hybridized carbons (Fsp3) is 0.533. The molecule has 2 aromatic heterocycles. The van der Waals surface area contributed by atoms with E-state index < -0.39 is 13.7 Å². The summed E-state index contributed by atoms with van der Waals surface area (Å²) in [5, 5.41) is 4.47. The van der Waals surface area contributed by atoms with Crippen LogP contribution in [0.15, 0.2) is 30.6 Å². The zero-order chi connectivity index (χ0) is 29.1. The van der Waals surface area contributed by atoms with Gasteiger partial charge in [-0.2, -0.15) is 0 Å². The van der Waals surface area contributed by atoms with E-state index in [-0.39, 0.29) is 12.1 Å². The summed E-state index contributed by atoms with van der Waals surface area (Å²) in [7, 11) is -1.19. The van der Waals surface area contributed by atoms with Gasteiger partial charge < -0.3 is 24.3 Å². The zero-order valence-electron chi connectivity index (χ0n) is 24.9. The van der Waals surface area contributed by atoms with Crippen LogP contribution < -0.4 is 5.32 Å². The Labute approximate surface area is 238 Å². The molecule has 0 bridgehead atoms. The molecule has 4 rings (SSSR count). The molecule has 214 valence electrons. The second-order valence-corrected chi connectivity index (χ2v) is 18.4. The minimum atomic E-state index is -1.19. The number of carbonyl (C=O) groups is 1. The van der Waals surface area contributed by atoms with Gasteiger partial charge in [-0.1, -0.05) is 31.8 Å². The molecule has 1 fully saturated rings. The van der Waals surface area contributed by atoms with Crippen LogP contribution >= 0.6 is 0 Å². The number of carbonyl (C=O) groups excluding carboxylic acids is 1. The van der Waals surface area contributed by atoms with E-state index in [0.717, 1.165) is 53.2 Å². The van der Waals surface area contributed by atoms with Crippen LogP contribution in [0.4, 0.5) is 16.4 Å². The Morgan fingerprint density at radius 2 is 2.05 bits per heavy atom. The van der Waals surface area contributed by atoms with Crippen molar-refractivity contribution in [2.45, 2.75) is 84.6 Å². The van der Waals surface area contributed by atoms with E-state index in [1.54, 1.807) is 4.90 Å². The van der Waals surface area contributed by atoms with Gasteiger partial charge in [0, 0.05) is 62.7 Å². The van der Waals surface area contributed by atoms with E-state index in [4.69, 9.17) is 21.0 Å². The molecule has 9 nitrogen and oxygen atoms in total. The van der Waals surface area contributed by atoms with Gasteiger partial charge in [-0.25, -0.2) is 19.6 Å². The number of ether oxygens (including phenoxy) is 2. The number of likely N-dealkylation sites (tertiary alicyclic amines) is 1. The fourth-order valence-electron chi connectivity index (χ4n) is 4.74. The molecule has 0 aliphatic carbocycles. The Morgan fingerprint density at radius 1 is 1.27 bits per heavy atom. The third kappa shape index (κ3) is 7.61. The smallest absolute Gasteiger partial charge is 0.410 e. The lowest BCUT2D eigenvalue weighted by Gasteiger charge is -2.34. The first-order valence-electron chi connectivity index (χ1n) is 14.0. The lowest BCUT2D eigenvalue weighted by atomic mass is 10.1. The minimum Gasteiger partial charge on any atom is -0.444 e. The van der Waals surface area contributed by atoms with Gasteiger partial charge in [-0.15, -0.1) is 0 Å². The predicted octanol–water partition coefficient (Wildman–Crippen LogP) is 7.08. The maximum Gasteiger partial charge on any atom is 0.410 e. The second kappa shape index (κ2) is 12.0. The molecule has 0 saturated carbocycles. The monoisotopic (exact) mass is 562 g/mol. The zero-order valence-corrected chi connectivity index (χ0v) is 25.9. The maximum absolute atomic E-state index is 12.6. The average Bonchev–Trinajstić information content (AvgIpc) is 3.24. The Kier molecular flexibility index (Phi) is 8.85. The van der Waals surface area contributed by atoms with Gasteiger partial charge in [0.2, 0.25) is 5.95 Å². The summed E-state index contributed by atoms with van der Waals surface area (Å²) in [6.45, 7) is 24.5. The van der Waals surface area contributed by atoms with E-state index >= 15 is 0 Å². The highest BCUT2D eigenvalue weighted by Crippen LogP contribution is 2.34. The van der Waals surface area contributed by atoms with Crippen molar-refractivity contribution >= 4 is 36.7 Å². The van der Waals surface area contributed by atoms with Crippen LogP contribution in [-0.4, -0.2) is 64.9 Å². The minimum absolute atomic E-state index is 0.0270. The Bertz CT molecular complexity index is 1400. The normalized spacial score (nSPS) is 16.1. The van der Waals surface area contributed by atoms with E-state index in [0.29, 0.717) is 31.5 Å². The standard InChI is InChI=1S/C30H42N6O3Si/c1-21-17-32-28(33-23-10-9-13-35(18-23)29(37)39-30(2,3)4)34-27(21)25-19-36(20-38-14-15-40(6,7)8)26-16-22(31-5)11-12-24(25)26/h11-12,16-17,19,23H,9-10,13-15,18,20H2,1-4,6-8H3,(H,32,33,34)/t23-/m0/s1. The number of piperidine rings is 1. The SMILES string of the molecule is [C-]#[N+]c1ccc2c(-c3nc(N[C@H]4CCCN(C(=O)OC(C)(C)C)C4)ncc3C)cn(COCC[Si](C)(C)C)c2c1. The van der Waals surface area contributed by atoms with Crippen LogP contribution in [0, 0.1) is 13.5 Å². The molecule has 1 amide bonds. The summed E-state index contributed by atoms with van der Waals surface area (Å²) in [6.07, 6.45) is 5.41. The molecule has 0 unspecified atom stereocenters. The molecular weight excluding hydrogens is 520 g/mol. The number of aryl methyl sites for hydroxylation is 1. The molecule has 1 aliphatic rings. The molecule has 0 radical (unpaired) electrons. The van der Waals surface area contributed by atoms with Gasteiger partial charge in [0.05, 0.1) is 12.3 Å². The summed E-state index contributed by atoms with van der Waals surface area (Å²) < 4.78 is 13.7. The molecular formula is C30H42N6O3Si. The number of nitrogens with zero attached hydrogens (tertiary/aromatic N) is 5. The Hall–Kier alpha value is -3.42. The predicted molar refractivity (Wildman–Crippen MR) is 163 cm³/mol. The van der Waals surface area contributed by atoms with Crippen molar-refractivity contribution in [3.63, 3.8) is 0 Å². The Balaban J connectivity index is 1.57. The quantitative estimate of drug-likeness (QED) is 0.179. The first-order chi connectivity index (χ1) is 18.8. The summed E-state index contributed by atoms with van der Waals surface area (Å²) in [6, 6.07) is 6.87. The maximum atomic E-state index is 12.6. The number of rotatable bonds is 8. The van der Waals surface area contributed by atoms with Crippen molar-refractivity contribution < 1.29 is 14.3 Å². The van der Waals surface area contributed by atoms with E-state index in [1.807, 2.05) is 52.1 Å². The number of nitrogens with one attached hydrogen (secondary N) is 1. The molecule has 10 heteroatoms. The number of anilines is 1. The molecule has 1 aliphatic heterocycles. The molecule has 0 spiro atoms. The summed E-state index contributed by atoms with van der Waals surface area (Å²) in [5.41, 5.74) is 3.78.